The lowest BCUT2D eigenvalue weighted by atomic mass is 9.85. The molecule has 0 saturated carbocycles. The van der Waals surface area contributed by atoms with Gasteiger partial charge in [-0.2, -0.15) is 0 Å². The Labute approximate surface area is 617 Å². The van der Waals surface area contributed by atoms with Gasteiger partial charge in [-0.3, -0.25) is 0 Å². The highest BCUT2D eigenvalue weighted by Crippen LogP contribution is 2.52. The Bertz CT molecular complexity index is 7930. The minimum atomic E-state index is 0.836. The van der Waals surface area contributed by atoms with Crippen molar-refractivity contribution in [2.24, 2.45) is 0 Å². The van der Waals surface area contributed by atoms with Gasteiger partial charge in [0.15, 0.2) is 0 Å². The molecule has 20 aromatic carbocycles. The summed E-state index contributed by atoms with van der Waals surface area (Å²) in [5.41, 5.74) is 23.2. The molecule has 24 aromatic rings. The summed E-state index contributed by atoms with van der Waals surface area (Å²) in [6.07, 6.45) is 0. The molecular formula is C104H58O4. The Morgan fingerprint density at radius 1 is 0.139 bits per heavy atom. The largest absolute Gasteiger partial charge is 0.456 e. The maximum Gasteiger partial charge on any atom is 0.144 e. The molecule has 4 aromatic heterocycles. The van der Waals surface area contributed by atoms with Crippen LogP contribution in [0, 0.1) is 0 Å². The summed E-state index contributed by atoms with van der Waals surface area (Å²) in [4.78, 5) is 0. The van der Waals surface area contributed by atoms with Gasteiger partial charge in [0.25, 0.3) is 0 Å². The van der Waals surface area contributed by atoms with Crippen molar-refractivity contribution in [1.82, 2.24) is 0 Å². The monoisotopic (exact) mass is 1370 g/mol. The van der Waals surface area contributed by atoms with Crippen LogP contribution in [0.3, 0.4) is 0 Å². The van der Waals surface area contributed by atoms with Gasteiger partial charge in [-0.1, -0.05) is 261 Å². The fraction of sp³-hybridized carbons (Fsp3) is 0. The molecule has 0 unspecified atom stereocenters. The van der Waals surface area contributed by atoms with E-state index in [0.717, 1.165) is 143 Å². The summed E-state index contributed by atoms with van der Waals surface area (Å²) in [6.45, 7) is 0. The summed E-state index contributed by atoms with van der Waals surface area (Å²) >= 11 is 0. The van der Waals surface area contributed by atoms with Gasteiger partial charge >= 0.3 is 0 Å². The van der Waals surface area contributed by atoms with Crippen LogP contribution in [-0.2, 0) is 0 Å². The molecule has 0 aliphatic heterocycles. The number of hydrogen-bond acceptors (Lipinski definition) is 4. The van der Waals surface area contributed by atoms with Crippen molar-refractivity contribution < 1.29 is 17.7 Å². The molecule has 108 heavy (non-hydrogen) atoms. The molecular weight excluding hydrogens is 1310 g/mol. The van der Waals surface area contributed by atoms with E-state index in [9.17, 15) is 0 Å². The lowest BCUT2D eigenvalue weighted by Gasteiger charge is -2.18. The van der Waals surface area contributed by atoms with E-state index in [-0.39, 0.29) is 0 Å². The minimum Gasteiger partial charge on any atom is -0.456 e. The standard InChI is InChI=1S/C104H58O4/c1-2-16-59(17-3-1)63-34-36-67-54-69(40-38-65(67)52-63)95-76-21-6-10-25-80(76)98(81-26-11-7-22-77(81)95)72-44-48-86-93(57-72)107-91-51-49-82-87(58-94-102(103(82)101(86)91)84-27-13-15-29-89(84)105-94)61-32-30-60(31-33-61)64-35-37-68-55-70(41-39-66(68)53-64)96-74-19-4-8-23-78(74)97(79-24-9-5-20-75(79)96)71-43-47-85-92(56-71)106-90-50-45-62-42-46-83-73-18-12-14-28-88(73)108-104(83)99(62)100(85)90/h1-58H. The zero-order chi connectivity index (χ0) is 70.4. The van der Waals surface area contributed by atoms with Crippen molar-refractivity contribution in [3.63, 3.8) is 0 Å². The molecule has 4 heterocycles. The van der Waals surface area contributed by atoms with Gasteiger partial charge in [0.05, 0.1) is 0 Å². The van der Waals surface area contributed by atoms with Gasteiger partial charge in [-0.05, 0) is 244 Å². The molecule has 24 rings (SSSR count). The van der Waals surface area contributed by atoms with Gasteiger partial charge in [0.1, 0.15) is 44.7 Å². The fourth-order valence-corrected chi connectivity index (χ4v) is 18.5. The Balaban J connectivity index is 0.581. The first-order valence-corrected chi connectivity index (χ1v) is 37.1. The number of rotatable bonds is 7. The highest BCUT2D eigenvalue weighted by molar-refractivity contribution is 6.34. The van der Waals surface area contributed by atoms with Crippen molar-refractivity contribution in [3.8, 4) is 77.9 Å². The molecule has 498 valence electrons. The van der Waals surface area contributed by atoms with Crippen LogP contribution in [0.2, 0.25) is 0 Å². The topological polar surface area (TPSA) is 52.6 Å². The van der Waals surface area contributed by atoms with Gasteiger partial charge in [0.2, 0.25) is 0 Å². The summed E-state index contributed by atoms with van der Waals surface area (Å²) in [5.74, 6) is 0. The second-order valence-electron chi connectivity index (χ2n) is 29.1. The van der Waals surface area contributed by atoms with Crippen LogP contribution >= 0.6 is 0 Å². The quantitative estimate of drug-likeness (QED) is 0.149. The first kappa shape index (κ1) is 59.1. The molecule has 0 spiro atoms. The molecule has 0 fully saturated rings. The predicted molar refractivity (Wildman–Crippen MR) is 454 cm³/mol. The van der Waals surface area contributed by atoms with Crippen LogP contribution in [0.25, 0.3) is 252 Å². The maximum absolute atomic E-state index is 7.08. The van der Waals surface area contributed by atoms with E-state index in [1.54, 1.807) is 0 Å². The van der Waals surface area contributed by atoms with Crippen molar-refractivity contribution in [1.29, 1.82) is 0 Å². The summed E-state index contributed by atoms with van der Waals surface area (Å²) < 4.78 is 27.4. The second-order valence-corrected chi connectivity index (χ2v) is 29.1. The molecule has 0 N–H and O–H groups in total. The number of benzene rings is 20. The van der Waals surface area contributed by atoms with E-state index in [1.165, 1.54) is 109 Å². The zero-order valence-corrected chi connectivity index (χ0v) is 58.1. The van der Waals surface area contributed by atoms with E-state index >= 15 is 0 Å². The fourth-order valence-electron chi connectivity index (χ4n) is 18.5. The van der Waals surface area contributed by atoms with Crippen LogP contribution in [-0.4, -0.2) is 0 Å². The van der Waals surface area contributed by atoms with E-state index < -0.39 is 0 Å². The van der Waals surface area contributed by atoms with Gasteiger partial charge in [0, 0.05) is 53.9 Å². The molecule has 4 nitrogen and oxygen atoms in total. The number of hydrogen-bond donors (Lipinski definition) is 0. The molecule has 0 aliphatic carbocycles. The second kappa shape index (κ2) is 22.6. The van der Waals surface area contributed by atoms with Crippen LogP contribution in [0.5, 0.6) is 0 Å². The van der Waals surface area contributed by atoms with Gasteiger partial charge in [-0.25, -0.2) is 0 Å². The average molecular weight is 1370 g/mol. The van der Waals surface area contributed by atoms with E-state index in [1.807, 2.05) is 12.1 Å². The van der Waals surface area contributed by atoms with Crippen molar-refractivity contribution in [2.75, 3.05) is 0 Å². The Kier molecular flexibility index (Phi) is 12.4. The van der Waals surface area contributed by atoms with Gasteiger partial charge < -0.3 is 17.7 Å². The molecule has 0 amide bonds. The molecule has 0 atom stereocenters. The molecule has 0 bridgehead atoms. The molecule has 0 aliphatic rings. The van der Waals surface area contributed by atoms with Gasteiger partial charge in [-0.15, -0.1) is 0 Å². The van der Waals surface area contributed by atoms with E-state index in [2.05, 4.69) is 340 Å². The molecule has 4 heteroatoms. The third-order valence-corrected chi connectivity index (χ3v) is 23.4. The van der Waals surface area contributed by atoms with Crippen LogP contribution < -0.4 is 0 Å². The SMILES string of the molecule is c1ccc(-c2ccc3cc(-c4c5ccccc5c(-c5ccc6c(c5)oc5ccc7c(-c8ccc(-c9ccc%10cc(-c%11c%12ccccc%12c(-c%12ccc%13c(c%12)oc%12ccc%14ccc%15c%16ccccc%16oc%15c%14c%12%13)c%12ccccc%11%12)ccc%10c9)cc8)cc8oc9ccccc9c8c7c56)c5ccccc45)ccc3c2)cc1. The van der Waals surface area contributed by atoms with E-state index in [0.29, 0.717) is 0 Å². The normalized spacial score (nSPS) is 12.3. The van der Waals surface area contributed by atoms with Crippen LogP contribution in [0.4, 0.5) is 0 Å². The maximum atomic E-state index is 7.08. The third kappa shape index (κ3) is 8.68. The average Bonchev–Trinajstić information content (AvgIpc) is 1.59. The van der Waals surface area contributed by atoms with Crippen LogP contribution in [0.15, 0.2) is 370 Å². The smallest absolute Gasteiger partial charge is 0.144 e. The third-order valence-electron chi connectivity index (χ3n) is 23.4. The van der Waals surface area contributed by atoms with Crippen molar-refractivity contribution in [2.45, 2.75) is 0 Å². The lowest BCUT2D eigenvalue weighted by Crippen LogP contribution is -1.91. The van der Waals surface area contributed by atoms with Crippen LogP contribution in [0.1, 0.15) is 0 Å². The molecule has 0 radical (unpaired) electrons. The Morgan fingerprint density at radius 2 is 0.463 bits per heavy atom. The first-order chi connectivity index (χ1) is 53.5. The highest BCUT2D eigenvalue weighted by Gasteiger charge is 2.26. The summed E-state index contributed by atoms with van der Waals surface area (Å²) in [7, 11) is 0. The minimum absolute atomic E-state index is 0.836. The number of para-hydroxylation sites is 2. The van der Waals surface area contributed by atoms with E-state index in [4.69, 9.17) is 17.7 Å². The summed E-state index contributed by atoms with van der Waals surface area (Å²) in [5, 5.41) is 27.5. The lowest BCUT2D eigenvalue weighted by molar-refractivity contribution is 0.668. The number of fused-ring (bicyclic) bond motifs is 24. The number of furan rings is 4. The van der Waals surface area contributed by atoms with Crippen molar-refractivity contribution in [3.05, 3.63) is 352 Å². The zero-order valence-electron chi connectivity index (χ0n) is 58.1. The molecule has 0 saturated heterocycles. The predicted octanol–water partition coefficient (Wildman–Crippen LogP) is 30.2. The Hall–Kier alpha value is -14.3. The summed E-state index contributed by atoms with van der Waals surface area (Å²) in [6, 6.07) is 129. The first-order valence-electron chi connectivity index (χ1n) is 37.1. The Morgan fingerprint density at radius 3 is 0.981 bits per heavy atom. The van der Waals surface area contributed by atoms with Crippen molar-refractivity contribution >= 4 is 174 Å². The highest BCUT2D eigenvalue weighted by atomic mass is 16.3.